The van der Waals surface area contributed by atoms with Gasteiger partial charge in [-0.3, -0.25) is 4.99 Å². The predicted molar refractivity (Wildman–Crippen MR) is 74.6 cm³/mol. The molecule has 0 aromatic rings. The summed E-state index contributed by atoms with van der Waals surface area (Å²) < 4.78 is 0. The van der Waals surface area contributed by atoms with Crippen molar-refractivity contribution >= 4 is 5.71 Å². The van der Waals surface area contributed by atoms with E-state index in [2.05, 4.69) is 45.7 Å². The van der Waals surface area contributed by atoms with E-state index in [1.807, 2.05) is 33.9 Å². The van der Waals surface area contributed by atoms with Gasteiger partial charge in [0.1, 0.15) is 0 Å². The second-order valence-electron chi connectivity index (χ2n) is 4.39. The fourth-order valence-electron chi connectivity index (χ4n) is 0.364. The van der Waals surface area contributed by atoms with Gasteiger partial charge in [-0.1, -0.05) is 54.5 Å². The zero-order chi connectivity index (χ0) is 12.9. The predicted octanol–water partition coefficient (Wildman–Crippen LogP) is 5.33. The third-order valence-electron chi connectivity index (χ3n) is 0.804. The van der Waals surface area contributed by atoms with Crippen LogP contribution in [0.5, 0.6) is 0 Å². The Kier molecular flexibility index (Phi) is 21.1. The number of allylic oxidation sites excluding steroid dienone is 1. The van der Waals surface area contributed by atoms with Crippen molar-refractivity contribution in [2.45, 2.75) is 62.3 Å². The van der Waals surface area contributed by atoms with Crippen LogP contribution in [-0.2, 0) is 0 Å². The van der Waals surface area contributed by atoms with Crippen LogP contribution in [0.15, 0.2) is 17.3 Å². The number of hydrogen-bond acceptors (Lipinski definition) is 1. The molecule has 0 spiro atoms. The Bertz CT molecular complexity index is 146. The van der Waals surface area contributed by atoms with E-state index in [-0.39, 0.29) is 0 Å². The van der Waals surface area contributed by atoms with E-state index >= 15 is 0 Å². The fourth-order valence-corrected chi connectivity index (χ4v) is 0.364. The largest absolute Gasteiger partial charge is 0.267 e. The van der Waals surface area contributed by atoms with Crippen molar-refractivity contribution in [2.75, 3.05) is 0 Å². The van der Waals surface area contributed by atoms with Gasteiger partial charge in [0.25, 0.3) is 0 Å². The van der Waals surface area contributed by atoms with Gasteiger partial charge in [-0.05, 0) is 25.7 Å². The summed E-state index contributed by atoms with van der Waals surface area (Å²) in [5, 5.41) is 0. The summed E-state index contributed by atoms with van der Waals surface area (Å²) in [6.45, 7) is 18.8. The Morgan fingerprint density at radius 1 is 0.933 bits per heavy atom. The maximum absolute atomic E-state index is 4.10. The van der Waals surface area contributed by atoms with Crippen LogP contribution in [0.25, 0.3) is 0 Å². The first kappa shape index (κ1) is 19.9. The molecule has 0 saturated carbocycles. The summed E-state index contributed by atoms with van der Waals surface area (Å²) >= 11 is 0. The van der Waals surface area contributed by atoms with Crippen molar-refractivity contribution < 1.29 is 0 Å². The minimum absolute atomic E-state index is 0.605. The lowest BCUT2D eigenvalue weighted by Crippen LogP contribution is -1.78. The summed E-state index contributed by atoms with van der Waals surface area (Å²) in [6, 6.07) is 0. The summed E-state index contributed by atoms with van der Waals surface area (Å²) in [7, 11) is 0. The SMILES string of the molecule is CC.CC(C)=N/C=C\C(C)C.CC(C)C. The monoisotopic (exact) mass is 213 g/mol. The average Bonchev–Trinajstić information content (AvgIpc) is 2.05. The number of nitrogens with zero attached hydrogens (tertiary/aromatic N) is 1. The van der Waals surface area contributed by atoms with Crippen LogP contribution < -0.4 is 0 Å². The highest BCUT2D eigenvalue weighted by molar-refractivity contribution is 5.79. The molecule has 0 fully saturated rings. The van der Waals surface area contributed by atoms with Crippen molar-refractivity contribution in [3.63, 3.8) is 0 Å². The van der Waals surface area contributed by atoms with E-state index in [9.17, 15) is 0 Å². The van der Waals surface area contributed by atoms with Crippen molar-refractivity contribution in [2.24, 2.45) is 16.8 Å². The Morgan fingerprint density at radius 2 is 1.27 bits per heavy atom. The highest BCUT2D eigenvalue weighted by Gasteiger charge is 1.80. The maximum atomic E-state index is 4.10. The number of hydrogen-bond donors (Lipinski definition) is 0. The third-order valence-corrected chi connectivity index (χ3v) is 0.804. The van der Waals surface area contributed by atoms with Gasteiger partial charge in [0.05, 0.1) is 0 Å². The molecule has 0 aromatic carbocycles. The highest BCUT2D eigenvalue weighted by atomic mass is 14.7. The van der Waals surface area contributed by atoms with Crippen molar-refractivity contribution in [3.8, 4) is 0 Å². The quantitative estimate of drug-likeness (QED) is 0.550. The number of aliphatic imine (C=N–C) groups is 1. The standard InChI is InChI=1S/C8H15N.C4H10.C2H6/c1-7(2)5-6-9-8(3)4;1-4(2)3;1-2/h5-7H,1-4H3;4H,1-3H3;1-2H3/b6-5-;;. The molecule has 0 unspecified atom stereocenters. The molecule has 15 heavy (non-hydrogen) atoms. The van der Waals surface area contributed by atoms with Gasteiger partial charge in [-0.2, -0.15) is 0 Å². The van der Waals surface area contributed by atoms with Crippen molar-refractivity contribution in [1.82, 2.24) is 0 Å². The van der Waals surface area contributed by atoms with Crippen LogP contribution >= 0.6 is 0 Å². The topological polar surface area (TPSA) is 12.4 Å². The van der Waals surface area contributed by atoms with E-state index in [4.69, 9.17) is 0 Å². The van der Waals surface area contributed by atoms with Gasteiger partial charge in [0.2, 0.25) is 0 Å². The molecule has 0 saturated heterocycles. The van der Waals surface area contributed by atoms with Gasteiger partial charge < -0.3 is 0 Å². The maximum Gasteiger partial charge on any atom is 0.0229 e. The molecule has 0 rings (SSSR count). The van der Waals surface area contributed by atoms with Gasteiger partial charge >= 0.3 is 0 Å². The summed E-state index contributed by atoms with van der Waals surface area (Å²) in [6.07, 6.45) is 3.94. The smallest absolute Gasteiger partial charge is 0.0229 e. The first-order valence-corrected chi connectivity index (χ1v) is 6.04. The van der Waals surface area contributed by atoms with E-state index < -0.39 is 0 Å². The Hall–Kier alpha value is -0.590. The first-order valence-electron chi connectivity index (χ1n) is 6.04. The molecule has 0 aliphatic heterocycles. The first-order chi connectivity index (χ1) is 6.86. The molecule has 0 heterocycles. The van der Waals surface area contributed by atoms with Crippen LogP contribution in [-0.4, -0.2) is 5.71 Å². The highest BCUT2D eigenvalue weighted by Crippen LogP contribution is 1.93. The Labute approximate surface area is 97.7 Å². The molecule has 0 bridgehead atoms. The van der Waals surface area contributed by atoms with Crippen LogP contribution in [0.4, 0.5) is 0 Å². The molecular weight excluding hydrogens is 182 g/mol. The lowest BCUT2D eigenvalue weighted by molar-refractivity contribution is 0.737. The summed E-state index contributed by atoms with van der Waals surface area (Å²) in [5.41, 5.74) is 1.10. The summed E-state index contributed by atoms with van der Waals surface area (Å²) in [4.78, 5) is 4.10. The lowest BCUT2D eigenvalue weighted by atomic mass is 10.2. The van der Waals surface area contributed by atoms with E-state index in [1.54, 1.807) is 0 Å². The molecule has 0 N–H and O–H groups in total. The molecule has 0 atom stereocenters. The Balaban J connectivity index is -0.000000202. The third kappa shape index (κ3) is 59.6. The molecule has 92 valence electrons. The van der Waals surface area contributed by atoms with Crippen LogP contribution in [0.2, 0.25) is 0 Å². The molecule has 0 aliphatic carbocycles. The normalized spacial score (nSPS) is 9.27. The van der Waals surface area contributed by atoms with Crippen molar-refractivity contribution in [1.29, 1.82) is 0 Å². The minimum Gasteiger partial charge on any atom is -0.267 e. The second kappa shape index (κ2) is 15.9. The van der Waals surface area contributed by atoms with Crippen LogP contribution in [0.1, 0.15) is 62.3 Å². The van der Waals surface area contributed by atoms with E-state index in [0.717, 1.165) is 11.6 Å². The zero-order valence-electron chi connectivity index (χ0n) is 12.3. The molecule has 0 aromatic heterocycles. The van der Waals surface area contributed by atoms with Gasteiger partial charge in [0, 0.05) is 11.9 Å². The second-order valence-corrected chi connectivity index (χ2v) is 4.39. The van der Waals surface area contributed by atoms with Crippen LogP contribution in [0, 0.1) is 11.8 Å². The van der Waals surface area contributed by atoms with Gasteiger partial charge in [-0.25, -0.2) is 0 Å². The van der Waals surface area contributed by atoms with Gasteiger partial charge in [-0.15, -0.1) is 0 Å². The molecular formula is C14H31N. The average molecular weight is 213 g/mol. The minimum atomic E-state index is 0.605. The van der Waals surface area contributed by atoms with E-state index in [0.29, 0.717) is 5.92 Å². The molecule has 0 radical (unpaired) electrons. The zero-order valence-corrected chi connectivity index (χ0v) is 12.3. The number of rotatable bonds is 2. The lowest BCUT2D eigenvalue weighted by Gasteiger charge is -1.89. The molecule has 1 heteroatoms. The molecule has 0 aliphatic rings. The van der Waals surface area contributed by atoms with E-state index in [1.165, 1.54) is 0 Å². The molecule has 1 nitrogen and oxygen atoms in total. The summed E-state index contributed by atoms with van der Waals surface area (Å²) in [5.74, 6) is 1.44. The van der Waals surface area contributed by atoms with Crippen LogP contribution in [0.3, 0.4) is 0 Å². The molecule has 0 amide bonds. The van der Waals surface area contributed by atoms with Gasteiger partial charge in [0.15, 0.2) is 0 Å². The fraction of sp³-hybridized carbons (Fsp3) is 0.786. The van der Waals surface area contributed by atoms with Crippen molar-refractivity contribution in [3.05, 3.63) is 12.3 Å². The Morgan fingerprint density at radius 3 is 1.47 bits per heavy atom.